The van der Waals surface area contributed by atoms with Crippen molar-refractivity contribution in [2.75, 3.05) is 0 Å². The molecule has 0 bridgehead atoms. The van der Waals surface area contributed by atoms with Crippen molar-refractivity contribution in [1.29, 1.82) is 0 Å². The van der Waals surface area contributed by atoms with Crippen LogP contribution < -0.4 is 0 Å². The molecule has 0 atom stereocenters. The fraction of sp³-hybridized carbons (Fsp3) is 0. The Hall–Kier alpha value is -3.40. The zero-order chi connectivity index (χ0) is 20.1. The van der Waals surface area contributed by atoms with Crippen LogP contribution in [0.15, 0.2) is 97.3 Å². The average molecular weight is 570 g/mol. The number of aromatic nitrogens is 2. The van der Waals surface area contributed by atoms with Crippen molar-refractivity contribution in [2.45, 2.75) is 0 Å². The molecule has 1 radical (unpaired) electrons. The van der Waals surface area contributed by atoms with E-state index in [1.54, 1.807) is 18.5 Å². The number of hydrogen-bond acceptors (Lipinski definition) is 3. The van der Waals surface area contributed by atoms with Crippen molar-refractivity contribution in [3.05, 3.63) is 109 Å². The maximum absolute atomic E-state index is 10.8. The molecule has 5 heteroatoms. The molecule has 5 aromatic rings. The molecule has 0 unspecified atom stereocenters. The van der Waals surface area contributed by atoms with Gasteiger partial charge < -0.3 is 10.1 Å². The standard InChI is InChI=1S/C14H9NO2.C11H8N.Ir/c16-14(17)13-7-10-6-5-9-3-1-2-4-11(9)12(10)8-15-13;1-2-6-10(7-3-1)11-8-4-5-9-12-11;/h1-8H,(H,16,17);1-6,8-9H;/q;-1;. The van der Waals surface area contributed by atoms with E-state index in [0.29, 0.717) is 0 Å². The Morgan fingerprint density at radius 2 is 1.57 bits per heavy atom. The number of aromatic carboxylic acids is 1. The van der Waals surface area contributed by atoms with E-state index in [1.165, 1.54) is 0 Å². The van der Waals surface area contributed by atoms with Crippen molar-refractivity contribution in [2.24, 2.45) is 0 Å². The minimum Gasteiger partial charge on any atom is -0.477 e. The summed E-state index contributed by atoms with van der Waals surface area (Å²) in [6.45, 7) is 0. The van der Waals surface area contributed by atoms with E-state index < -0.39 is 5.97 Å². The molecular weight excluding hydrogens is 553 g/mol. The monoisotopic (exact) mass is 570 g/mol. The maximum atomic E-state index is 10.8. The minimum absolute atomic E-state index is 0. The second-order valence-corrected chi connectivity index (χ2v) is 6.37. The van der Waals surface area contributed by atoms with Gasteiger partial charge in [0.1, 0.15) is 5.69 Å². The van der Waals surface area contributed by atoms with E-state index >= 15 is 0 Å². The van der Waals surface area contributed by atoms with Crippen LogP contribution in [0, 0.1) is 6.07 Å². The molecule has 0 spiro atoms. The molecule has 0 aliphatic carbocycles. The Labute approximate surface area is 187 Å². The molecule has 5 rings (SSSR count). The Balaban J connectivity index is 0.000000175. The number of hydrogen-bond donors (Lipinski definition) is 1. The summed E-state index contributed by atoms with van der Waals surface area (Å²) in [7, 11) is 0. The molecular formula is C25H17IrN2O2-. The zero-order valence-electron chi connectivity index (χ0n) is 15.8. The molecule has 149 valence electrons. The number of nitrogens with zero attached hydrogens (tertiary/aromatic N) is 2. The van der Waals surface area contributed by atoms with Crippen LogP contribution in [-0.2, 0) is 20.1 Å². The Kier molecular flexibility index (Phi) is 7.02. The largest absolute Gasteiger partial charge is 0.477 e. The van der Waals surface area contributed by atoms with Crippen molar-refractivity contribution in [3.8, 4) is 11.3 Å². The molecule has 0 aliphatic heterocycles. The number of carbonyl (C=O) groups is 1. The molecule has 3 aromatic carbocycles. The third kappa shape index (κ3) is 4.77. The summed E-state index contributed by atoms with van der Waals surface area (Å²) < 4.78 is 0. The van der Waals surface area contributed by atoms with Gasteiger partial charge in [-0.1, -0.05) is 48.5 Å². The van der Waals surface area contributed by atoms with Gasteiger partial charge in [0, 0.05) is 37.9 Å². The third-order valence-electron chi connectivity index (χ3n) is 4.50. The fourth-order valence-electron chi connectivity index (χ4n) is 3.09. The number of pyridine rings is 2. The summed E-state index contributed by atoms with van der Waals surface area (Å²) in [5.41, 5.74) is 2.09. The SMILES string of the molecule is O=C(O)c1cc2ccc3ccccc3c2cn1.[Ir].[c-]1ccccc1-c1ccccn1. The number of rotatable bonds is 2. The molecule has 0 saturated carbocycles. The van der Waals surface area contributed by atoms with Crippen LogP contribution in [-0.4, -0.2) is 21.0 Å². The van der Waals surface area contributed by atoms with E-state index in [-0.39, 0.29) is 25.8 Å². The summed E-state index contributed by atoms with van der Waals surface area (Å²) >= 11 is 0. The predicted molar refractivity (Wildman–Crippen MR) is 115 cm³/mol. The van der Waals surface area contributed by atoms with E-state index in [2.05, 4.69) is 16.0 Å². The second kappa shape index (κ2) is 9.88. The second-order valence-electron chi connectivity index (χ2n) is 6.37. The van der Waals surface area contributed by atoms with Crippen LogP contribution in [0.2, 0.25) is 0 Å². The molecule has 0 saturated heterocycles. The van der Waals surface area contributed by atoms with Crippen molar-refractivity contribution in [1.82, 2.24) is 9.97 Å². The topological polar surface area (TPSA) is 63.1 Å². The Morgan fingerprint density at radius 3 is 2.30 bits per heavy atom. The Bertz CT molecular complexity index is 1240. The van der Waals surface area contributed by atoms with Crippen molar-refractivity contribution < 1.29 is 30.0 Å². The number of carboxylic acid groups (broad SMARTS) is 1. The number of benzene rings is 3. The molecule has 1 N–H and O–H groups in total. The van der Waals surface area contributed by atoms with E-state index in [4.69, 9.17) is 5.11 Å². The number of fused-ring (bicyclic) bond motifs is 3. The van der Waals surface area contributed by atoms with Crippen LogP contribution in [0.25, 0.3) is 32.8 Å². The molecule has 0 aliphatic rings. The van der Waals surface area contributed by atoms with Crippen LogP contribution in [0.5, 0.6) is 0 Å². The van der Waals surface area contributed by atoms with Crippen LogP contribution >= 0.6 is 0 Å². The molecule has 2 heterocycles. The number of carboxylic acids is 1. The summed E-state index contributed by atoms with van der Waals surface area (Å²) in [5.74, 6) is -1.000. The summed E-state index contributed by atoms with van der Waals surface area (Å²) in [4.78, 5) is 19.0. The van der Waals surface area contributed by atoms with E-state index in [0.717, 1.165) is 32.8 Å². The summed E-state index contributed by atoms with van der Waals surface area (Å²) in [6.07, 6.45) is 3.41. The van der Waals surface area contributed by atoms with Gasteiger partial charge in [-0.15, -0.1) is 35.9 Å². The van der Waals surface area contributed by atoms with Gasteiger partial charge >= 0.3 is 5.97 Å². The van der Waals surface area contributed by atoms with Crippen molar-refractivity contribution >= 4 is 27.5 Å². The van der Waals surface area contributed by atoms with Gasteiger partial charge in [-0.05, 0) is 34.0 Å². The van der Waals surface area contributed by atoms with Gasteiger partial charge in [0.25, 0.3) is 0 Å². The molecule has 0 amide bonds. The first-order valence-corrected chi connectivity index (χ1v) is 9.11. The van der Waals surface area contributed by atoms with Gasteiger partial charge in [-0.3, -0.25) is 0 Å². The maximum Gasteiger partial charge on any atom is 0.354 e. The van der Waals surface area contributed by atoms with E-state index in [9.17, 15) is 4.79 Å². The quantitative estimate of drug-likeness (QED) is 0.221. The fourth-order valence-corrected chi connectivity index (χ4v) is 3.09. The first kappa shape index (κ1) is 21.3. The summed E-state index contributed by atoms with van der Waals surface area (Å²) in [6, 6.07) is 30.3. The van der Waals surface area contributed by atoms with E-state index in [1.807, 2.05) is 78.9 Å². The normalized spacial score (nSPS) is 10.0. The van der Waals surface area contributed by atoms with Crippen LogP contribution in [0.1, 0.15) is 10.5 Å². The minimum atomic E-state index is -1.000. The van der Waals surface area contributed by atoms with Gasteiger partial charge in [0.2, 0.25) is 0 Å². The summed E-state index contributed by atoms with van der Waals surface area (Å²) in [5, 5.41) is 13.0. The van der Waals surface area contributed by atoms with Gasteiger partial charge in [0.05, 0.1) is 0 Å². The third-order valence-corrected chi connectivity index (χ3v) is 4.50. The first-order valence-electron chi connectivity index (χ1n) is 9.11. The average Bonchev–Trinajstić information content (AvgIpc) is 2.80. The van der Waals surface area contributed by atoms with Gasteiger partial charge in [-0.2, -0.15) is 0 Å². The van der Waals surface area contributed by atoms with Crippen molar-refractivity contribution in [3.63, 3.8) is 0 Å². The first-order chi connectivity index (χ1) is 14.2. The predicted octanol–water partition coefficient (Wildman–Crippen LogP) is 5.63. The van der Waals surface area contributed by atoms with Crippen LogP contribution in [0.3, 0.4) is 0 Å². The van der Waals surface area contributed by atoms with Crippen LogP contribution in [0.4, 0.5) is 0 Å². The molecule has 4 nitrogen and oxygen atoms in total. The smallest absolute Gasteiger partial charge is 0.354 e. The molecule has 2 aromatic heterocycles. The molecule has 30 heavy (non-hydrogen) atoms. The molecule has 0 fully saturated rings. The zero-order valence-corrected chi connectivity index (χ0v) is 18.2. The Morgan fingerprint density at radius 1 is 0.800 bits per heavy atom. The van der Waals surface area contributed by atoms with Gasteiger partial charge in [0.15, 0.2) is 0 Å². The van der Waals surface area contributed by atoms with Gasteiger partial charge in [-0.25, -0.2) is 9.78 Å².